The van der Waals surface area contributed by atoms with Gasteiger partial charge in [0.2, 0.25) is 0 Å². The zero-order chi connectivity index (χ0) is 7.28. The van der Waals surface area contributed by atoms with Crippen LogP contribution in [0.4, 0.5) is 0 Å². The van der Waals surface area contributed by atoms with E-state index in [-0.39, 0.29) is 18.9 Å². The quantitative estimate of drug-likeness (QED) is 0.477. The van der Waals surface area contributed by atoms with E-state index in [0.717, 1.165) is 11.6 Å². The molecule has 2 atom stereocenters. The van der Waals surface area contributed by atoms with E-state index in [1.807, 2.05) is 0 Å². The summed E-state index contributed by atoms with van der Waals surface area (Å²) in [6.07, 6.45) is 2.56. The molecule has 0 heterocycles. The molecule has 0 bridgehead atoms. The number of hydrogen-bond acceptors (Lipinski definition) is 0. The van der Waals surface area contributed by atoms with Crippen LogP contribution in [0.1, 0.15) is 40.5 Å². The molecule has 0 nitrogen and oxygen atoms in total. The molecule has 2 radical (unpaired) electrons. The van der Waals surface area contributed by atoms with Crippen molar-refractivity contribution >= 4 is 7.28 Å². The van der Waals surface area contributed by atoms with Crippen LogP contribution in [0, 0.1) is 0 Å². The molecule has 0 aliphatic carbocycles. The van der Waals surface area contributed by atoms with Crippen LogP contribution in [0.25, 0.3) is 0 Å². The summed E-state index contributed by atoms with van der Waals surface area (Å²) >= 11 is 0. The Morgan fingerprint density at radius 1 is 1.00 bits per heavy atom. The van der Waals surface area contributed by atoms with Gasteiger partial charge in [-0.15, -0.1) is 0 Å². The van der Waals surface area contributed by atoms with Crippen molar-refractivity contribution in [1.82, 2.24) is 0 Å². The average Bonchev–Trinajstić information content (AvgIpc) is 1.87. The van der Waals surface area contributed by atoms with Crippen LogP contribution < -0.4 is 18.9 Å². The van der Waals surface area contributed by atoms with E-state index in [4.69, 9.17) is 0 Å². The number of hydrogen-bond donors (Lipinski definition) is 0. The maximum atomic E-state index is 2.44. The third-order valence-corrected chi connectivity index (χ3v) is 1.94. The molecule has 10 heavy (non-hydrogen) atoms. The molecule has 0 aromatic heterocycles. The fourth-order valence-electron chi connectivity index (χ4n) is 0.833. The minimum atomic E-state index is 0. The third kappa shape index (κ3) is 6.78. The van der Waals surface area contributed by atoms with Gasteiger partial charge < -0.3 is 7.28 Å². The molecule has 0 spiro atoms. The first kappa shape index (κ1) is 13.3. The largest absolute Gasteiger partial charge is 1.00 e. The third-order valence-electron chi connectivity index (χ3n) is 1.94. The molecule has 0 aliphatic heterocycles. The maximum absolute atomic E-state index is 2.44. The van der Waals surface area contributed by atoms with Gasteiger partial charge in [-0.2, -0.15) is 0 Å². The molecule has 0 aliphatic rings. The second-order valence-corrected chi connectivity index (χ2v) is 2.96. The minimum Gasteiger partial charge on any atom is -0.329 e. The van der Waals surface area contributed by atoms with Crippen molar-refractivity contribution in [3.05, 3.63) is 0 Å². The number of rotatable bonds is 4. The predicted octanol–water partition coefficient (Wildman–Crippen LogP) is 0.131. The smallest absolute Gasteiger partial charge is 0.329 e. The summed E-state index contributed by atoms with van der Waals surface area (Å²) in [6, 6.07) is 0. The summed E-state index contributed by atoms with van der Waals surface area (Å²) < 4.78 is 0. The van der Waals surface area contributed by atoms with Crippen LogP contribution in [0.2, 0.25) is 11.6 Å². The topological polar surface area (TPSA) is 0 Å². The molecule has 0 aromatic carbocycles. The standard InChI is InChI=1S/C8H18B.Li/c1-5-7(3)9-8(4)6-2;/h7-8H,5-6H2,1-4H3;/q-1;+1. The summed E-state index contributed by atoms with van der Waals surface area (Å²) in [6.45, 7) is 9.05. The van der Waals surface area contributed by atoms with Crippen LogP contribution in [-0.4, -0.2) is 7.28 Å². The fourth-order valence-corrected chi connectivity index (χ4v) is 0.833. The Morgan fingerprint density at radius 2 is 1.30 bits per heavy atom. The first-order valence-corrected chi connectivity index (χ1v) is 4.05. The summed E-state index contributed by atoms with van der Waals surface area (Å²) in [5.41, 5.74) is 0. The molecule has 2 heteroatoms. The second-order valence-electron chi connectivity index (χ2n) is 2.96. The van der Waals surface area contributed by atoms with Crippen LogP contribution in [0.5, 0.6) is 0 Å². The SMILES string of the molecule is CCC(C)[B-]C(C)CC.[Li+]. The van der Waals surface area contributed by atoms with E-state index in [9.17, 15) is 0 Å². The summed E-state index contributed by atoms with van der Waals surface area (Å²) in [5, 5.41) is 0. The van der Waals surface area contributed by atoms with Gasteiger partial charge in [-0.1, -0.05) is 40.5 Å². The first-order valence-electron chi connectivity index (χ1n) is 4.05. The van der Waals surface area contributed by atoms with E-state index in [2.05, 4.69) is 35.0 Å². The predicted molar refractivity (Wildman–Crippen MR) is 45.2 cm³/mol. The molecule has 0 aromatic rings. The van der Waals surface area contributed by atoms with E-state index in [0.29, 0.717) is 0 Å². The van der Waals surface area contributed by atoms with Gasteiger partial charge in [0.25, 0.3) is 0 Å². The van der Waals surface area contributed by atoms with Gasteiger partial charge >= 0.3 is 18.9 Å². The van der Waals surface area contributed by atoms with Crippen LogP contribution in [-0.2, 0) is 0 Å². The summed E-state index contributed by atoms with van der Waals surface area (Å²) in [5.74, 6) is 1.61. The molecule has 0 N–H and O–H groups in total. The van der Waals surface area contributed by atoms with Crippen molar-refractivity contribution in [1.29, 1.82) is 0 Å². The summed E-state index contributed by atoms with van der Waals surface area (Å²) in [4.78, 5) is 0. The molecule has 0 saturated carbocycles. The zero-order valence-electron chi connectivity index (χ0n) is 8.15. The first-order chi connectivity index (χ1) is 4.20. The van der Waals surface area contributed by atoms with E-state index in [1.54, 1.807) is 0 Å². The van der Waals surface area contributed by atoms with Crippen LogP contribution >= 0.6 is 0 Å². The Morgan fingerprint density at radius 3 is 1.50 bits per heavy atom. The van der Waals surface area contributed by atoms with Crippen molar-refractivity contribution in [2.45, 2.75) is 52.2 Å². The molecule has 54 valence electrons. The zero-order valence-corrected chi connectivity index (χ0v) is 8.15. The van der Waals surface area contributed by atoms with Gasteiger partial charge in [0, 0.05) is 0 Å². The van der Waals surface area contributed by atoms with Crippen molar-refractivity contribution in [3.8, 4) is 0 Å². The van der Waals surface area contributed by atoms with E-state index < -0.39 is 0 Å². The molecular weight excluding hydrogens is 114 g/mol. The molecule has 0 amide bonds. The van der Waals surface area contributed by atoms with Crippen molar-refractivity contribution in [3.63, 3.8) is 0 Å². The normalized spacial score (nSPS) is 15.6. The Hall–Kier alpha value is 0.662. The summed E-state index contributed by atoms with van der Waals surface area (Å²) in [7, 11) is 2.44. The second kappa shape index (κ2) is 7.77. The van der Waals surface area contributed by atoms with Gasteiger partial charge in [-0.3, -0.25) is 0 Å². The van der Waals surface area contributed by atoms with Gasteiger partial charge in [0.05, 0.1) is 0 Å². The molecule has 0 saturated heterocycles. The average molecular weight is 132 g/mol. The molecule has 0 fully saturated rings. The molecule has 0 rings (SSSR count). The fraction of sp³-hybridized carbons (Fsp3) is 1.00. The van der Waals surface area contributed by atoms with Crippen LogP contribution in [0.3, 0.4) is 0 Å². The molecular formula is C8H18BLi. The van der Waals surface area contributed by atoms with Gasteiger partial charge in [0.1, 0.15) is 0 Å². The Balaban J connectivity index is 0. The van der Waals surface area contributed by atoms with Crippen molar-refractivity contribution in [2.75, 3.05) is 0 Å². The monoisotopic (exact) mass is 132 g/mol. The van der Waals surface area contributed by atoms with Crippen molar-refractivity contribution in [2.24, 2.45) is 0 Å². The minimum absolute atomic E-state index is 0. The van der Waals surface area contributed by atoms with Gasteiger partial charge in [-0.05, 0) is 0 Å². The Kier molecular flexibility index (Phi) is 10.3. The van der Waals surface area contributed by atoms with Gasteiger partial charge in [0.15, 0.2) is 0 Å². The van der Waals surface area contributed by atoms with Crippen LogP contribution in [0.15, 0.2) is 0 Å². The van der Waals surface area contributed by atoms with E-state index >= 15 is 0 Å². The van der Waals surface area contributed by atoms with E-state index in [1.165, 1.54) is 12.8 Å². The Labute approximate surface area is 78.6 Å². The molecule has 2 unspecified atom stereocenters. The van der Waals surface area contributed by atoms with Crippen molar-refractivity contribution < 1.29 is 18.9 Å². The Bertz CT molecular complexity index is 58.3. The van der Waals surface area contributed by atoms with Gasteiger partial charge in [-0.25, -0.2) is 11.6 Å². The maximum Gasteiger partial charge on any atom is 1.00 e.